The van der Waals surface area contributed by atoms with Gasteiger partial charge in [0.25, 0.3) is 5.56 Å². The molecule has 0 spiro atoms. The number of fused-ring (bicyclic) bond motifs is 3. The van der Waals surface area contributed by atoms with E-state index in [2.05, 4.69) is 24.9 Å². The summed E-state index contributed by atoms with van der Waals surface area (Å²) in [6.07, 6.45) is 5.60. The summed E-state index contributed by atoms with van der Waals surface area (Å²) in [5.74, 6) is 0.651. The van der Waals surface area contributed by atoms with E-state index in [9.17, 15) is 4.79 Å². The molecule has 126 valence electrons. The van der Waals surface area contributed by atoms with Crippen LogP contribution in [0.25, 0.3) is 22.2 Å². The Morgan fingerprint density at radius 2 is 2.00 bits per heavy atom. The maximum atomic E-state index is 12.4. The molecular weight excluding hydrogens is 310 g/mol. The number of rotatable bonds is 4. The lowest BCUT2D eigenvalue weighted by atomic mass is 9.78. The summed E-state index contributed by atoms with van der Waals surface area (Å²) < 4.78 is 10.9. The van der Waals surface area contributed by atoms with Crippen molar-refractivity contribution in [2.75, 3.05) is 26.9 Å². The first kappa shape index (κ1) is 15.2. The zero-order chi connectivity index (χ0) is 16.6. The fourth-order valence-corrected chi connectivity index (χ4v) is 3.45. The second-order valence-corrected chi connectivity index (χ2v) is 6.34. The molecule has 0 atom stereocenters. The Morgan fingerprint density at radius 1 is 1.21 bits per heavy atom. The van der Waals surface area contributed by atoms with Gasteiger partial charge in [0.2, 0.25) is 0 Å². The van der Waals surface area contributed by atoms with E-state index < -0.39 is 0 Å². The molecule has 3 aromatic rings. The highest BCUT2D eigenvalue weighted by Crippen LogP contribution is 2.34. The van der Waals surface area contributed by atoms with E-state index in [0.29, 0.717) is 54.3 Å². The number of hydrogen-bond donors (Lipinski definition) is 2. The largest absolute Gasteiger partial charge is 0.384 e. The molecule has 0 aliphatic carbocycles. The average Bonchev–Trinajstić information content (AvgIpc) is 2.95. The van der Waals surface area contributed by atoms with Crippen LogP contribution in [0, 0.1) is 5.41 Å². The van der Waals surface area contributed by atoms with Crippen LogP contribution in [0.5, 0.6) is 0 Å². The van der Waals surface area contributed by atoms with Crippen molar-refractivity contribution in [3.63, 3.8) is 0 Å². The van der Waals surface area contributed by atoms with Crippen molar-refractivity contribution in [3.8, 4) is 0 Å². The van der Waals surface area contributed by atoms with Gasteiger partial charge in [-0.05, 0) is 12.8 Å². The molecule has 4 rings (SSSR count). The summed E-state index contributed by atoms with van der Waals surface area (Å²) in [4.78, 5) is 31.5. The minimum atomic E-state index is -0.200. The Kier molecular flexibility index (Phi) is 3.78. The number of nitrogens with one attached hydrogen (secondary N) is 2. The predicted molar refractivity (Wildman–Crippen MR) is 87.9 cm³/mol. The molecule has 1 aliphatic heterocycles. The monoisotopic (exact) mass is 329 g/mol. The number of H-pyrrole nitrogens is 2. The fourth-order valence-electron chi connectivity index (χ4n) is 3.45. The summed E-state index contributed by atoms with van der Waals surface area (Å²) in [5, 5.41) is 0. The van der Waals surface area contributed by atoms with Crippen molar-refractivity contribution < 1.29 is 9.47 Å². The van der Waals surface area contributed by atoms with Crippen molar-refractivity contribution in [1.82, 2.24) is 24.9 Å². The van der Waals surface area contributed by atoms with Crippen LogP contribution in [0.3, 0.4) is 0 Å². The lowest BCUT2D eigenvalue weighted by molar-refractivity contribution is -0.0283. The lowest BCUT2D eigenvalue weighted by Crippen LogP contribution is -2.36. The van der Waals surface area contributed by atoms with Crippen molar-refractivity contribution in [2.45, 2.75) is 19.3 Å². The zero-order valence-electron chi connectivity index (χ0n) is 13.5. The highest BCUT2D eigenvalue weighted by Gasteiger charge is 2.34. The maximum Gasteiger partial charge on any atom is 0.275 e. The molecule has 2 N–H and O–H groups in total. The Balaban J connectivity index is 1.79. The molecule has 0 amide bonds. The second-order valence-electron chi connectivity index (χ2n) is 6.34. The maximum absolute atomic E-state index is 12.4. The van der Waals surface area contributed by atoms with Crippen LogP contribution in [0.4, 0.5) is 0 Å². The van der Waals surface area contributed by atoms with Crippen molar-refractivity contribution in [3.05, 3.63) is 28.6 Å². The van der Waals surface area contributed by atoms with Gasteiger partial charge in [-0.3, -0.25) is 4.79 Å². The predicted octanol–water partition coefficient (Wildman–Crippen LogP) is 1.18. The number of nitrogens with zero attached hydrogens (tertiary/aromatic N) is 3. The summed E-state index contributed by atoms with van der Waals surface area (Å²) in [7, 11) is 1.70. The first-order chi connectivity index (χ1) is 11.7. The average molecular weight is 329 g/mol. The Morgan fingerprint density at radius 3 is 2.79 bits per heavy atom. The van der Waals surface area contributed by atoms with Gasteiger partial charge in [-0.15, -0.1) is 0 Å². The number of aromatic nitrogens is 5. The third kappa shape index (κ3) is 2.57. The third-order valence-corrected chi connectivity index (χ3v) is 4.68. The molecule has 0 unspecified atom stereocenters. The summed E-state index contributed by atoms with van der Waals surface area (Å²) in [6, 6.07) is 0. The molecule has 8 nitrogen and oxygen atoms in total. The lowest BCUT2D eigenvalue weighted by Gasteiger charge is -2.36. The molecule has 8 heteroatoms. The van der Waals surface area contributed by atoms with Gasteiger partial charge >= 0.3 is 0 Å². The highest BCUT2D eigenvalue weighted by molar-refractivity contribution is 5.99. The van der Waals surface area contributed by atoms with E-state index in [1.165, 1.54) is 0 Å². The number of hydrogen-bond acceptors (Lipinski definition) is 6. The van der Waals surface area contributed by atoms with Crippen LogP contribution >= 0.6 is 0 Å². The highest BCUT2D eigenvalue weighted by atomic mass is 16.5. The molecule has 0 radical (unpaired) electrons. The summed E-state index contributed by atoms with van der Waals surface area (Å²) in [6.45, 7) is 2.02. The van der Waals surface area contributed by atoms with Crippen LogP contribution < -0.4 is 5.56 Å². The molecule has 1 fully saturated rings. The molecule has 24 heavy (non-hydrogen) atoms. The molecule has 0 bridgehead atoms. The van der Waals surface area contributed by atoms with Gasteiger partial charge in [-0.25, -0.2) is 15.0 Å². The zero-order valence-corrected chi connectivity index (χ0v) is 13.5. The van der Waals surface area contributed by atoms with Crippen LogP contribution in [0.2, 0.25) is 0 Å². The summed E-state index contributed by atoms with van der Waals surface area (Å²) in [5.41, 5.74) is 1.90. The van der Waals surface area contributed by atoms with Crippen LogP contribution in [0.1, 0.15) is 18.7 Å². The molecule has 3 aromatic heterocycles. The quantitative estimate of drug-likeness (QED) is 0.744. The van der Waals surface area contributed by atoms with E-state index >= 15 is 0 Å². The van der Waals surface area contributed by atoms with Gasteiger partial charge in [0.05, 0.1) is 6.61 Å². The topological polar surface area (TPSA) is 106 Å². The Bertz CT molecular complexity index is 921. The Labute approximate surface area is 137 Å². The first-order valence-corrected chi connectivity index (χ1v) is 7.99. The van der Waals surface area contributed by atoms with Crippen LogP contribution in [-0.2, 0) is 15.9 Å². The standard InChI is InChI=1S/C16H19N5O3/c1-23-9-16(2-6-24-7-3-16)8-10-19-11-12-14(18-5-4-17-12)21-13(11)15(22)20-10/h4-5H,2-3,6-9H2,1H3,(H,18,21)(H,19,20,22). The van der Waals surface area contributed by atoms with Gasteiger partial charge in [0.15, 0.2) is 5.65 Å². The fraction of sp³-hybridized carbons (Fsp3) is 0.500. The van der Waals surface area contributed by atoms with Crippen molar-refractivity contribution in [1.29, 1.82) is 0 Å². The molecule has 1 aliphatic rings. The minimum Gasteiger partial charge on any atom is -0.384 e. The van der Waals surface area contributed by atoms with Gasteiger partial charge < -0.3 is 19.4 Å². The van der Waals surface area contributed by atoms with E-state index in [1.807, 2.05) is 0 Å². The molecule has 1 saturated heterocycles. The van der Waals surface area contributed by atoms with Crippen LogP contribution in [-0.4, -0.2) is 51.9 Å². The smallest absolute Gasteiger partial charge is 0.275 e. The minimum absolute atomic E-state index is 0.0611. The number of aromatic amines is 2. The molecular formula is C16H19N5O3. The normalized spacial score (nSPS) is 17.5. The summed E-state index contributed by atoms with van der Waals surface area (Å²) >= 11 is 0. The van der Waals surface area contributed by atoms with Gasteiger partial charge in [-0.2, -0.15) is 0 Å². The second kappa shape index (κ2) is 5.95. The molecule has 4 heterocycles. The van der Waals surface area contributed by atoms with E-state index in [0.717, 1.165) is 12.8 Å². The van der Waals surface area contributed by atoms with E-state index in [4.69, 9.17) is 9.47 Å². The van der Waals surface area contributed by atoms with Crippen molar-refractivity contribution >= 4 is 22.2 Å². The van der Waals surface area contributed by atoms with E-state index in [1.54, 1.807) is 19.5 Å². The third-order valence-electron chi connectivity index (χ3n) is 4.68. The SMILES string of the molecule is COCC1(Cc2nc3c([nH]c4nccnc43)c(=O)[nH]2)CCOCC1. The molecule has 0 saturated carbocycles. The van der Waals surface area contributed by atoms with Gasteiger partial charge in [-0.1, -0.05) is 0 Å². The number of methoxy groups -OCH3 is 1. The first-order valence-electron chi connectivity index (χ1n) is 7.99. The number of ether oxygens (including phenoxy) is 2. The van der Waals surface area contributed by atoms with Crippen LogP contribution in [0.15, 0.2) is 17.2 Å². The Hall–Kier alpha value is -2.32. The van der Waals surface area contributed by atoms with Gasteiger partial charge in [0, 0.05) is 44.6 Å². The molecule has 0 aromatic carbocycles. The van der Waals surface area contributed by atoms with E-state index in [-0.39, 0.29) is 11.0 Å². The van der Waals surface area contributed by atoms with Crippen molar-refractivity contribution in [2.24, 2.45) is 5.41 Å². The van der Waals surface area contributed by atoms with Gasteiger partial charge in [0.1, 0.15) is 22.4 Å².